The smallest absolute Gasteiger partial charge is 0.335 e. The summed E-state index contributed by atoms with van der Waals surface area (Å²) in [5.74, 6) is -2.34. The molecule has 13 heteroatoms. The number of aromatic hydroxyl groups is 2. The van der Waals surface area contributed by atoms with E-state index in [0.717, 1.165) is 0 Å². The summed E-state index contributed by atoms with van der Waals surface area (Å²) in [4.78, 5) is 27.0. The summed E-state index contributed by atoms with van der Waals surface area (Å²) in [5.41, 5.74) is 2.82. The van der Waals surface area contributed by atoms with Crippen molar-refractivity contribution in [2.75, 3.05) is 10.7 Å². The van der Waals surface area contributed by atoms with Crippen molar-refractivity contribution in [2.45, 2.75) is 48.1 Å². The number of halogens is 1. The summed E-state index contributed by atoms with van der Waals surface area (Å²) in [6, 6.07) is 25.2. The number of hydrogen-bond acceptors (Lipinski definition) is 10. The number of ether oxygens (including phenoxy) is 2. The van der Waals surface area contributed by atoms with Crippen LogP contribution in [0.3, 0.4) is 0 Å². The molecule has 11 nitrogen and oxygen atoms in total. The second kappa shape index (κ2) is 13.9. The first-order valence-electron chi connectivity index (χ1n) is 15.0. The Morgan fingerprint density at radius 3 is 2.25 bits per heavy atom. The fraction of sp³-hybridized carbons (Fsp3) is 0.257. The quantitative estimate of drug-likeness (QED) is 0.135. The summed E-state index contributed by atoms with van der Waals surface area (Å²) in [6.07, 6.45) is -10.2. The topological polar surface area (TPSA) is 177 Å². The third kappa shape index (κ3) is 6.61. The van der Waals surface area contributed by atoms with Gasteiger partial charge in [-0.2, -0.15) is 0 Å². The van der Waals surface area contributed by atoms with E-state index in [9.17, 15) is 44.6 Å². The van der Waals surface area contributed by atoms with Gasteiger partial charge in [0.05, 0.1) is 12.1 Å². The van der Waals surface area contributed by atoms with Gasteiger partial charge in [0.25, 0.3) is 0 Å². The van der Waals surface area contributed by atoms with Crippen LogP contribution in [-0.4, -0.2) is 84.2 Å². The highest BCUT2D eigenvalue weighted by Gasteiger charge is 2.51. The van der Waals surface area contributed by atoms with E-state index in [1.54, 1.807) is 65.6 Å². The van der Waals surface area contributed by atoms with Gasteiger partial charge in [0.15, 0.2) is 12.4 Å². The average Bonchev–Trinajstić information content (AvgIpc) is 3.07. The minimum Gasteiger partial charge on any atom is -0.508 e. The molecule has 0 aromatic heterocycles. The monoisotopic (exact) mass is 677 g/mol. The van der Waals surface area contributed by atoms with E-state index >= 15 is 0 Å². The largest absolute Gasteiger partial charge is 0.508 e. The molecule has 1 amide bonds. The van der Waals surface area contributed by atoms with Crippen LogP contribution in [0.4, 0.5) is 10.1 Å². The number of benzene rings is 4. The number of carboxylic acid groups (broad SMARTS) is 1. The van der Waals surface area contributed by atoms with E-state index in [-0.39, 0.29) is 23.2 Å². The number of phenols is 2. The zero-order valence-electron chi connectivity index (χ0n) is 25.1. The van der Waals surface area contributed by atoms with Crippen LogP contribution in [-0.2, 0) is 19.1 Å². The van der Waals surface area contributed by atoms with Crippen LogP contribution in [0.2, 0.25) is 0 Å². The maximum atomic E-state index is 13.8. The molecule has 0 bridgehead atoms. The first kappa shape index (κ1) is 33.4. The summed E-state index contributed by atoms with van der Waals surface area (Å²) in [5, 5.41) is 61.0. The Kier molecular flexibility index (Phi) is 9.69. The number of hydrogen-bond donors (Lipinski definition) is 6. The zero-order valence-corrected chi connectivity index (χ0v) is 25.9. The van der Waals surface area contributed by atoms with Gasteiger partial charge in [-0.25, -0.2) is 9.18 Å². The number of carbonyl (C=O) groups is 2. The van der Waals surface area contributed by atoms with Crippen molar-refractivity contribution >= 4 is 29.3 Å². The zero-order chi connectivity index (χ0) is 34.1. The molecule has 6 N–H and O–H groups in total. The number of phenolic OH excluding ortho intramolecular Hbond substituents is 2. The minimum atomic E-state index is -1.92. The van der Waals surface area contributed by atoms with E-state index in [1.165, 1.54) is 42.1 Å². The maximum Gasteiger partial charge on any atom is 0.335 e. The second-order valence-corrected chi connectivity index (χ2v) is 12.7. The molecule has 48 heavy (non-hydrogen) atoms. The molecule has 2 saturated heterocycles. The molecule has 0 spiro atoms. The van der Waals surface area contributed by atoms with E-state index in [4.69, 9.17) is 9.47 Å². The fourth-order valence-corrected chi connectivity index (χ4v) is 7.23. The molecule has 8 atom stereocenters. The van der Waals surface area contributed by atoms with Gasteiger partial charge < -0.3 is 45.0 Å². The van der Waals surface area contributed by atoms with Crippen molar-refractivity contribution in [3.63, 3.8) is 0 Å². The standard InChI is InChI=1S/C35H32FNO10S/c36-21-12-9-18(10-13-21)26(46-35-30(42)28(40)29(41)31(47-35)34(44)45)17-48-32-27(37(33(32)43)22-6-2-1-3-7-22)24-14-11-20(16-25(24)39)19-5-4-8-23(38)15-19/h1-16,26-32,35,38-42H,17H2,(H,44,45)/t26-,27+,28-,29-,30?,31?,32+,35+/m0/s1. The molecule has 250 valence electrons. The number of β-lactam (4-membered cyclic amide) rings is 1. The number of carbonyl (C=O) groups excluding carboxylic acids is 1. The SMILES string of the molecule is O=C(O)C1O[C@@H](O[C@@H](CS[C@H]2C(=O)N(c3ccccc3)[C@@H]2c2ccc(-c3cccc(O)c3)cc2O)c2ccc(F)cc2)C(O)[C@@H](O)[C@@H]1O. The number of rotatable bonds is 10. The van der Waals surface area contributed by atoms with Crippen molar-refractivity contribution in [1.82, 2.24) is 0 Å². The average molecular weight is 678 g/mol. The predicted octanol–water partition coefficient (Wildman–Crippen LogP) is 3.74. The van der Waals surface area contributed by atoms with Gasteiger partial charge in [-0.05, 0) is 59.2 Å². The Hall–Kier alpha value is -4.50. The Balaban J connectivity index is 1.29. The lowest BCUT2D eigenvalue weighted by atomic mass is 9.90. The third-order valence-electron chi connectivity index (χ3n) is 8.39. The number of para-hydroxylation sites is 1. The summed E-state index contributed by atoms with van der Waals surface area (Å²) in [6.45, 7) is 0. The van der Waals surface area contributed by atoms with Crippen LogP contribution >= 0.6 is 11.8 Å². The summed E-state index contributed by atoms with van der Waals surface area (Å²) in [7, 11) is 0. The van der Waals surface area contributed by atoms with Crippen LogP contribution in [0.1, 0.15) is 23.3 Å². The normalized spacial score (nSPS) is 26.1. The van der Waals surface area contributed by atoms with Crippen LogP contribution in [0.5, 0.6) is 11.5 Å². The molecular formula is C35H32FNO10S. The second-order valence-electron chi connectivity index (χ2n) is 11.5. The molecule has 4 aromatic rings. The van der Waals surface area contributed by atoms with Gasteiger partial charge in [-0.1, -0.05) is 54.6 Å². The highest BCUT2D eigenvalue weighted by atomic mass is 32.2. The van der Waals surface area contributed by atoms with Gasteiger partial charge in [0.1, 0.15) is 40.9 Å². The number of aliphatic hydroxyl groups excluding tert-OH is 3. The molecule has 2 fully saturated rings. The molecule has 6 rings (SSSR count). The lowest BCUT2D eigenvalue weighted by Crippen LogP contribution is -2.60. The number of aliphatic hydroxyl groups is 3. The van der Waals surface area contributed by atoms with Crippen LogP contribution in [0.15, 0.2) is 97.1 Å². The molecule has 2 heterocycles. The first-order valence-corrected chi connectivity index (χ1v) is 16.0. The molecule has 0 aliphatic carbocycles. The van der Waals surface area contributed by atoms with Gasteiger partial charge in [-0.15, -0.1) is 11.8 Å². The van der Waals surface area contributed by atoms with Crippen molar-refractivity contribution in [2.24, 2.45) is 0 Å². The van der Waals surface area contributed by atoms with Crippen LogP contribution in [0, 0.1) is 5.82 Å². The Morgan fingerprint density at radius 1 is 0.875 bits per heavy atom. The highest BCUT2D eigenvalue weighted by Crippen LogP contribution is 2.49. The number of thioether (sulfide) groups is 1. The molecular weight excluding hydrogens is 645 g/mol. The number of anilines is 1. The number of carboxylic acids is 1. The van der Waals surface area contributed by atoms with Crippen LogP contribution in [0.25, 0.3) is 11.1 Å². The van der Waals surface area contributed by atoms with Gasteiger partial charge in [0.2, 0.25) is 5.91 Å². The van der Waals surface area contributed by atoms with E-state index in [0.29, 0.717) is 27.9 Å². The van der Waals surface area contributed by atoms with Gasteiger partial charge in [-0.3, -0.25) is 4.79 Å². The van der Waals surface area contributed by atoms with Crippen molar-refractivity contribution in [1.29, 1.82) is 0 Å². The Labute approximate surface area is 278 Å². The predicted molar refractivity (Wildman–Crippen MR) is 173 cm³/mol. The third-order valence-corrected chi connectivity index (χ3v) is 9.70. The lowest BCUT2D eigenvalue weighted by Gasteiger charge is -2.47. The molecule has 2 unspecified atom stereocenters. The van der Waals surface area contributed by atoms with Crippen molar-refractivity contribution < 1.29 is 54.1 Å². The highest BCUT2D eigenvalue weighted by molar-refractivity contribution is 8.00. The van der Waals surface area contributed by atoms with E-state index in [2.05, 4.69) is 0 Å². The first-order chi connectivity index (χ1) is 23.0. The van der Waals surface area contributed by atoms with E-state index < -0.39 is 59.9 Å². The Morgan fingerprint density at radius 2 is 1.58 bits per heavy atom. The fourth-order valence-electron chi connectivity index (χ4n) is 5.87. The van der Waals surface area contributed by atoms with Gasteiger partial charge >= 0.3 is 5.97 Å². The number of amides is 1. The van der Waals surface area contributed by atoms with Crippen molar-refractivity contribution in [3.8, 4) is 22.6 Å². The molecule has 2 aliphatic rings. The van der Waals surface area contributed by atoms with Gasteiger partial charge in [0, 0.05) is 17.0 Å². The molecule has 2 aliphatic heterocycles. The summed E-state index contributed by atoms with van der Waals surface area (Å²) < 4.78 is 25.2. The number of aliphatic carboxylic acids is 1. The Bertz CT molecular complexity index is 1780. The molecule has 0 radical (unpaired) electrons. The van der Waals surface area contributed by atoms with E-state index in [1.807, 2.05) is 6.07 Å². The maximum absolute atomic E-state index is 13.8. The lowest BCUT2D eigenvalue weighted by molar-refractivity contribution is -0.303. The molecule has 4 aromatic carbocycles. The summed E-state index contributed by atoms with van der Waals surface area (Å²) >= 11 is 1.17. The minimum absolute atomic E-state index is 0.0201. The molecule has 0 saturated carbocycles. The van der Waals surface area contributed by atoms with Crippen molar-refractivity contribution in [3.05, 3.63) is 114 Å². The number of nitrogens with zero attached hydrogens (tertiary/aromatic N) is 1. The van der Waals surface area contributed by atoms with Crippen LogP contribution < -0.4 is 4.90 Å².